The number of benzene rings is 1. The highest BCUT2D eigenvalue weighted by molar-refractivity contribution is 7.98. The zero-order valence-electron chi connectivity index (χ0n) is 15.9. The van der Waals surface area contributed by atoms with E-state index in [1.807, 2.05) is 30.5 Å². The fraction of sp³-hybridized carbons (Fsp3) is 0.278. The summed E-state index contributed by atoms with van der Waals surface area (Å²) in [6, 6.07) is 3.76. The molecule has 2 heterocycles. The maximum absolute atomic E-state index is 10.8. The van der Waals surface area contributed by atoms with E-state index in [0.717, 1.165) is 16.1 Å². The minimum atomic E-state index is -0.482. The molecule has 0 aliphatic heterocycles. The summed E-state index contributed by atoms with van der Waals surface area (Å²) in [5.41, 5.74) is 1.83. The summed E-state index contributed by atoms with van der Waals surface area (Å²) in [7, 11) is 0. The molecule has 0 fully saturated rings. The third-order valence-corrected chi connectivity index (χ3v) is 5.59. The fourth-order valence-electron chi connectivity index (χ4n) is 2.62. The van der Waals surface area contributed by atoms with Crippen molar-refractivity contribution in [2.45, 2.75) is 38.0 Å². The maximum atomic E-state index is 10.8. The summed E-state index contributed by atoms with van der Waals surface area (Å²) in [5.74, 6) is 1.71. The Bertz CT molecular complexity index is 1030. The summed E-state index contributed by atoms with van der Waals surface area (Å²) < 4.78 is 9.24. The summed E-state index contributed by atoms with van der Waals surface area (Å²) in [4.78, 5) is 10.3. The van der Waals surface area contributed by atoms with E-state index in [9.17, 15) is 10.1 Å². The first-order chi connectivity index (χ1) is 13.9. The molecule has 29 heavy (non-hydrogen) atoms. The van der Waals surface area contributed by atoms with Gasteiger partial charge in [-0.1, -0.05) is 29.4 Å². The molecular formula is C18H19ClN6O3S. The van der Waals surface area contributed by atoms with Crippen molar-refractivity contribution in [2.24, 2.45) is 0 Å². The number of rotatable bonds is 9. The van der Waals surface area contributed by atoms with Crippen LogP contribution in [0, 0.1) is 24.0 Å². The molecule has 0 saturated carbocycles. The number of hydrogen-bond donors (Lipinski definition) is 0. The van der Waals surface area contributed by atoms with Crippen molar-refractivity contribution in [1.82, 2.24) is 24.5 Å². The highest BCUT2D eigenvalue weighted by atomic mass is 35.5. The van der Waals surface area contributed by atoms with Crippen LogP contribution in [0.25, 0.3) is 0 Å². The van der Waals surface area contributed by atoms with Crippen molar-refractivity contribution >= 4 is 29.1 Å². The minimum Gasteiger partial charge on any atom is -0.486 e. The number of ether oxygens (including phenoxy) is 1. The van der Waals surface area contributed by atoms with Crippen LogP contribution in [0.2, 0.25) is 5.02 Å². The Hall–Kier alpha value is -2.85. The van der Waals surface area contributed by atoms with Gasteiger partial charge in [-0.3, -0.25) is 19.4 Å². The van der Waals surface area contributed by atoms with Gasteiger partial charge < -0.3 is 4.74 Å². The Kier molecular flexibility index (Phi) is 6.55. The molecule has 0 aliphatic carbocycles. The first kappa shape index (κ1) is 20.9. The first-order valence-corrected chi connectivity index (χ1v) is 9.97. The van der Waals surface area contributed by atoms with Gasteiger partial charge in [0.2, 0.25) is 0 Å². The van der Waals surface area contributed by atoms with Crippen molar-refractivity contribution in [1.29, 1.82) is 0 Å². The summed E-state index contributed by atoms with van der Waals surface area (Å²) in [6.45, 7) is 8.37. The molecule has 2 aromatic heterocycles. The van der Waals surface area contributed by atoms with Crippen molar-refractivity contribution in [3.63, 3.8) is 0 Å². The van der Waals surface area contributed by atoms with Gasteiger partial charge in [-0.2, -0.15) is 5.10 Å². The van der Waals surface area contributed by atoms with Crippen molar-refractivity contribution in [2.75, 3.05) is 0 Å². The number of nitro groups is 1. The van der Waals surface area contributed by atoms with Crippen molar-refractivity contribution in [3.8, 4) is 5.75 Å². The predicted octanol–water partition coefficient (Wildman–Crippen LogP) is 4.17. The van der Waals surface area contributed by atoms with E-state index in [-0.39, 0.29) is 12.3 Å². The second kappa shape index (κ2) is 9.10. The van der Waals surface area contributed by atoms with Crippen LogP contribution in [-0.4, -0.2) is 29.5 Å². The van der Waals surface area contributed by atoms with Crippen LogP contribution < -0.4 is 4.74 Å². The molecule has 3 rings (SSSR count). The van der Waals surface area contributed by atoms with Gasteiger partial charge in [0, 0.05) is 11.6 Å². The SMILES string of the molecule is C=CCn1c(COc2cc(C)c(Cl)c(C)c2)nnc1SCn1cc([N+](=O)[O-])cn1. The van der Waals surface area contributed by atoms with Gasteiger partial charge in [-0.15, -0.1) is 16.8 Å². The van der Waals surface area contributed by atoms with Crippen molar-refractivity contribution < 1.29 is 9.66 Å². The number of aromatic nitrogens is 5. The van der Waals surface area contributed by atoms with Crippen LogP contribution in [0.3, 0.4) is 0 Å². The quantitative estimate of drug-likeness (QED) is 0.215. The predicted molar refractivity (Wildman–Crippen MR) is 110 cm³/mol. The largest absolute Gasteiger partial charge is 0.486 e. The van der Waals surface area contributed by atoms with Gasteiger partial charge >= 0.3 is 5.69 Å². The van der Waals surface area contributed by atoms with Gasteiger partial charge in [0.05, 0.1) is 10.8 Å². The molecule has 0 amide bonds. The standard InChI is InChI=1S/C18H19ClN6O3S/c1-4-5-24-16(10-28-15-6-12(2)17(19)13(3)7-15)21-22-18(24)29-11-23-9-14(8-20-23)25(26)27/h4,6-9H,1,5,10-11H2,2-3H3. The summed E-state index contributed by atoms with van der Waals surface area (Å²) in [6.07, 6.45) is 4.33. The minimum absolute atomic E-state index is 0.0548. The van der Waals surface area contributed by atoms with Gasteiger partial charge in [-0.25, -0.2) is 0 Å². The maximum Gasteiger partial charge on any atom is 0.307 e. The fourth-order valence-corrected chi connectivity index (χ4v) is 3.56. The smallest absolute Gasteiger partial charge is 0.307 e. The number of halogens is 1. The van der Waals surface area contributed by atoms with Gasteiger partial charge in [-0.05, 0) is 37.1 Å². The molecule has 0 spiro atoms. The second-order valence-corrected chi connectivity index (χ2v) is 7.52. The monoisotopic (exact) mass is 434 g/mol. The van der Waals surface area contributed by atoms with E-state index >= 15 is 0 Å². The average molecular weight is 435 g/mol. The Morgan fingerprint density at radius 1 is 1.34 bits per heavy atom. The van der Waals surface area contributed by atoms with Gasteiger partial charge in [0.15, 0.2) is 11.0 Å². The van der Waals surface area contributed by atoms with E-state index in [2.05, 4.69) is 21.9 Å². The molecule has 0 N–H and O–H groups in total. The lowest BCUT2D eigenvalue weighted by atomic mass is 10.1. The van der Waals surface area contributed by atoms with Crippen LogP contribution in [0.5, 0.6) is 5.75 Å². The lowest BCUT2D eigenvalue weighted by Gasteiger charge is -2.11. The zero-order chi connectivity index (χ0) is 21.0. The van der Waals surface area contributed by atoms with Crippen LogP contribution in [-0.2, 0) is 19.0 Å². The van der Waals surface area contributed by atoms with E-state index < -0.39 is 4.92 Å². The van der Waals surface area contributed by atoms with Crippen molar-refractivity contribution in [3.05, 3.63) is 69.3 Å². The molecule has 1 aromatic carbocycles. The van der Waals surface area contributed by atoms with E-state index in [1.54, 1.807) is 6.08 Å². The number of allylic oxidation sites excluding steroid dienone is 1. The number of nitrogens with zero attached hydrogens (tertiary/aromatic N) is 6. The van der Waals surface area contributed by atoms with Crippen LogP contribution in [0.15, 0.2) is 42.3 Å². The molecule has 0 atom stereocenters. The zero-order valence-corrected chi connectivity index (χ0v) is 17.5. The summed E-state index contributed by atoms with van der Waals surface area (Å²) in [5, 5.41) is 24.5. The summed E-state index contributed by atoms with van der Waals surface area (Å²) >= 11 is 7.56. The van der Waals surface area contributed by atoms with Crippen LogP contribution in [0.1, 0.15) is 17.0 Å². The highest BCUT2D eigenvalue weighted by Gasteiger charge is 2.15. The molecule has 152 valence electrons. The molecule has 0 unspecified atom stereocenters. The Morgan fingerprint density at radius 3 is 2.69 bits per heavy atom. The molecular weight excluding hydrogens is 416 g/mol. The number of aryl methyl sites for hydroxylation is 2. The molecule has 0 saturated heterocycles. The second-order valence-electron chi connectivity index (χ2n) is 6.23. The topological polar surface area (TPSA) is 101 Å². The van der Waals surface area contributed by atoms with Crippen LogP contribution >= 0.6 is 23.4 Å². The molecule has 11 heteroatoms. The lowest BCUT2D eigenvalue weighted by molar-refractivity contribution is -0.385. The highest BCUT2D eigenvalue weighted by Crippen LogP contribution is 2.27. The van der Waals surface area contributed by atoms with Gasteiger partial charge in [0.25, 0.3) is 0 Å². The number of hydrogen-bond acceptors (Lipinski definition) is 7. The van der Waals surface area contributed by atoms with E-state index in [0.29, 0.717) is 29.2 Å². The molecule has 3 aromatic rings. The Balaban J connectivity index is 1.70. The molecule has 0 bridgehead atoms. The third kappa shape index (κ3) is 4.96. The first-order valence-electron chi connectivity index (χ1n) is 8.61. The van der Waals surface area contributed by atoms with E-state index in [4.69, 9.17) is 16.3 Å². The van der Waals surface area contributed by atoms with Crippen LogP contribution in [0.4, 0.5) is 5.69 Å². The Morgan fingerprint density at radius 2 is 2.07 bits per heavy atom. The Labute approximate surface area is 176 Å². The molecule has 9 nitrogen and oxygen atoms in total. The molecule has 0 aliphatic rings. The average Bonchev–Trinajstić information content (AvgIpc) is 3.30. The lowest BCUT2D eigenvalue weighted by Crippen LogP contribution is -2.08. The van der Waals surface area contributed by atoms with Gasteiger partial charge in [0.1, 0.15) is 24.8 Å². The normalized spacial score (nSPS) is 10.9. The number of thioether (sulfide) groups is 1. The molecule has 0 radical (unpaired) electrons. The third-order valence-electron chi connectivity index (χ3n) is 4.04. The van der Waals surface area contributed by atoms with E-state index in [1.165, 1.54) is 28.8 Å².